The van der Waals surface area contributed by atoms with Crippen molar-refractivity contribution in [3.05, 3.63) is 41.0 Å². The van der Waals surface area contributed by atoms with Gasteiger partial charge in [-0.15, -0.1) is 0 Å². The lowest BCUT2D eigenvalue weighted by Gasteiger charge is -2.32. The van der Waals surface area contributed by atoms with Crippen LogP contribution in [0.4, 0.5) is 0 Å². The van der Waals surface area contributed by atoms with Crippen LogP contribution >= 0.6 is 0 Å². The van der Waals surface area contributed by atoms with Crippen LogP contribution in [0.1, 0.15) is 42.5 Å². The topological polar surface area (TPSA) is 29.5 Å². The van der Waals surface area contributed by atoms with E-state index in [-0.39, 0.29) is 5.97 Å². The maximum Gasteiger partial charge on any atom is 0.330 e. The van der Waals surface area contributed by atoms with Gasteiger partial charge in [-0.05, 0) is 61.6 Å². The Hall–Kier alpha value is -1.61. The molecule has 0 radical (unpaired) electrons. The maximum atomic E-state index is 11.4. The number of carbonyl (C=O) groups is 1. The molecule has 0 aliphatic carbocycles. The number of carbonyl (C=O) groups excluding carboxylic acids is 1. The van der Waals surface area contributed by atoms with Crippen LogP contribution < -0.4 is 0 Å². The van der Waals surface area contributed by atoms with Crippen LogP contribution in [0.3, 0.4) is 0 Å². The number of nitrogens with zero attached hydrogens (tertiary/aromatic N) is 1. The summed E-state index contributed by atoms with van der Waals surface area (Å²) in [6.07, 6.45) is 7.07. The summed E-state index contributed by atoms with van der Waals surface area (Å²) in [4.78, 5) is 14.0. The van der Waals surface area contributed by atoms with Crippen molar-refractivity contribution >= 4 is 12.0 Å². The third kappa shape index (κ3) is 2.63. The minimum Gasteiger partial charge on any atom is -0.463 e. The third-order valence-electron chi connectivity index (χ3n) is 4.26. The number of hydrogen-bond acceptors (Lipinski definition) is 3. The van der Waals surface area contributed by atoms with E-state index < -0.39 is 0 Å². The van der Waals surface area contributed by atoms with Gasteiger partial charge < -0.3 is 4.74 Å². The Morgan fingerprint density at radius 1 is 1.45 bits per heavy atom. The van der Waals surface area contributed by atoms with Crippen LogP contribution in [-0.2, 0) is 16.0 Å². The molecule has 1 atom stereocenters. The number of rotatable bonds is 3. The van der Waals surface area contributed by atoms with Gasteiger partial charge in [-0.1, -0.05) is 12.1 Å². The van der Waals surface area contributed by atoms with Crippen molar-refractivity contribution in [3.8, 4) is 0 Å². The third-order valence-corrected chi connectivity index (χ3v) is 4.26. The van der Waals surface area contributed by atoms with Crippen molar-refractivity contribution in [2.24, 2.45) is 0 Å². The van der Waals surface area contributed by atoms with Crippen LogP contribution in [-0.4, -0.2) is 30.6 Å². The first-order valence-electron chi connectivity index (χ1n) is 7.49. The van der Waals surface area contributed by atoms with Gasteiger partial charge in [-0.3, -0.25) is 4.90 Å². The van der Waals surface area contributed by atoms with Gasteiger partial charge in [0.05, 0.1) is 6.61 Å². The fourth-order valence-corrected chi connectivity index (χ4v) is 3.32. The average Bonchev–Trinajstić information content (AvgIpc) is 2.94. The molecule has 1 aromatic carbocycles. The SMILES string of the molecule is CCOC(=O)/C=C/c1ccc2c(c1)C1CCCN1CC2. The molecule has 0 saturated carbocycles. The van der Waals surface area contributed by atoms with E-state index in [1.54, 1.807) is 0 Å². The first kappa shape index (κ1) is 13.4. The fourth-order valence-electron chi connectivity index (χ4n) is 3.32. The van der Waals surface area contributed by atoms with Crippen molar-refractivity contribution < 1.29 is 9.53 Å². The predicted molar refractivity (Wildman–Crippen MR) is 79.4 cm³/mol. The first-order chi connectivity index (χ1) is 9.78. The van der Waals surface area contributed by atoms with E-state index in [9.17, 15) is 4.79 Å². The molecule has 0 aromatic heterocycles. The summed E-state index contributed by atoms with van der Waals surface area (Å²) in [7, 11) is 0. The van der Waals surface area contributed by atoms with Gasteiger partial charge in [0.2, 0.25) is 0 Å². The molecule has 1 unspecified atom stereocenters. The van der Waals surface area contributed by atoms with Crippen molar-refractivity contribution in [2.75, 3.05) is 19.7 Å². The summed E-state index contributed by atoms with van der Waals surface area (Å²) in [5, 5.41) is 0. The zero-order valence-electron chi connectivity index (χ0n) is 12.0. The molecular weight excluding hydrogens is 250 g/mol. The lowest BCUT2D eigenvalue weighted by Crippen LogP contribution is -2.30. The van der Waals surface area contributed by atoms with Gasteiger partial charge in [0.1, 0.15) is 0 Å². The first-order valence-corrected chi connectivity index (χ1v) is 7.49. The molecular formula is C17H21NO2. The second-order valence-electron chi connectivity index (χ2n) is 5.49. The standard InChI is InChI=1S/C17H21NO2/c1-2-20-17(19)8-6-13-5-7-14-9-11-18-10-3-4-16(18)15(14)12-13/h5-8,12,16H,2-4,9-11H2,1H3/b8-6+. The summed E-state index contributed by atoms with van der Waals surface area (Å²) in [5.41, 5.74) is 4.02. The lowest BCUT2D eigenvalue weighted by atomic mass is 9.91. The van der Waals surface area contributed by atoms with Crippen LogP contribution in [0.2, 0.25) is 0 Å². The Labute approximate surface area is 120 Å². The molecule has 106 valence electrons. The molecule has 2 aliphatic heterocycles. The van der Waals surface area contributed by atoms with Gasteiger partial charge in [0, 0.05) is 18.7 Å². The zero-order chi connectivity index (χ0) is 13.9. The zero-order valence-corrected chi connectivity index (χ0v) is 12.0. The molecule has 2 aliphatic rings. The predicted octanol–water partition coefficient (Wildman–Crippen LogP) is 2.96. The normalized spacial score (nSPS) is 21.8. The molecule has 0 N–H and O–H groups in total. The number of esters is 1. The summed E-state index contributed by atoms with van der Waals surface area (Å²) in [5.74, 6) is -0.271. The van der Waals surface area contributed by atoms with Gasteiger partial charge >= 0.3 is 5.97 Å². The fraction of sp³-hybridized carbons (Fsp3) is 0.471. The Morgan fingerprint density at radius 3 is 3.20 bits per heavy atom. The maximum absolute atomic E-state index is 11.4. The molecule has 0 spiro atoms. The summed E-state index contributed by atoms with van der Waals surface area (Å²) in [6.45, 7) is 4.66. The summed E-state index contributed by atoms with van der Waals surface area (Å²) < 4.78 is 4.91. The molecule has 0 bridgehead atoms. The molecule has 1 fully saturated rings. The van der Waals surface area contributed by atoms with Crippen LogP contribution in [0.15, 0.2) is 24.3 Å². The Balaban J connectivity index is 1.81. The van der Waals surface area contributed by atoms with Gasteiger partial charge in [0.15, 0.2) is 0 Å². The lowest BCUT2D eigenvalue weighted by molar-refractivity contribution is -0.137. The molecule has 1 aromatic rings. The van der Waals surface area contributed by atoms with Gasteiger partial charge in [0.25, 0.3) is 0 Å². The van der Waals surface area contributed by atoms with Gasteiger partial charge in [-0.25, -0.2) is 4.79 Å². The smallest absolute Gasteiger partial charge is 0.330 e. The van der Waals surface area contributed by atoms with E-state index in [4.69, 9.17) is 4.74 Å². The number of fused-ring (bicyclic) bond motifs is 3. The van der Waals surface area contributed by atoms with E-state index in [2.05, 4.69) is 23.1 Å². The number of ether oxygens (including phenoxy) is 1. The largest absolute Gasteiger partial charge is 0.463 e. The van der Waals surface area contributed by atoms with Crippen molar-refractivity contribution in [1.29, 1.82) is 0 Å². The molecule has 3 heteroatoms. The summed E-state index contributed by atoms with van der Waals surface area (Å²) in [6, 6.07) is 7.15. The monoisotopic (exact) mass is 271 g/mol. The minimum atomic E-state index is -0.271. The molecule has 1 saturated heterocycles. The number of hydrogen-bond donors (Lipinski definition) is 0. The van der Waals surface area contributed by atoms with Crippen molar-refractivity contribution in [2.45, 2.75) is 32.2 Å². The van der Waals surface area contributed by atoms with Gasteiger partial charge in [-0.2, -0.15) is 0 Å². The Bertz CT molecular complexity index is 536. The summed E-state index contributed by atoms with van der Waals surface area (Å²) >= 11 is 0. The Morgan fingerprint density at radius 2 is 2.35 bits per heavy atom. The second kappa shape index (κ2) is 5.80. The minimum absolute atomic E-state index is 0.271. The molecule has 0 amide bonds. The van der Waals surface area contributed by atoms with E-state index >= 15 is 0 Å². The highest BCUT2D eigenvalue weighted by Gasteiger charge is 2.30. The average molecular weight is 271 g/mol. The highest BCUT2D eigenvalue weighted by molar-refractivity contribution is 5.87. The Kier molecular flexibility index (Phi) is 3.88. The highest BCUT2D eigenvalue weighted by Crippen LogP contribution is 2.37. The van der Waals surface area contributed by atoms with Crippen LogP contribution in [0.5, 0.6) is 0 Å². The number of benzene rings is 1. The molecule has 20 heavy (non-hydrogen) atoms. The van der Waals surface area contributed by atoms with Crippen molar-refractivity contribution in [3.63, 3.8) is 0 Å². The van der Waals surface area contributed by atoms with E-state index in [0.29, 0.717) is 12.6 Å². The van der Waals surface area contributed by atoms with E-state index in [1.807, 2.05) is 13.0 Å². The van der Waals surface area contributed by atoms with E-state index in [1.165, 1.54) is 43.1 Å². The van der Waals surface area contributed by atoms with E-state index in [0.717, 1.165) is 12.0 Å². The quantitative estimate of drug-likeness (QED) is 0.625. The molecule has 2 heterocycles. The highest BCUT2D eigenvalue weighted by atomic mass is 16.5. The molecule has 3 rings (SSSR count). The van der Waals surface area contributed by atoms with Crippen LogP contribution in [0.25, 0.3) is 6.08 Å². The van der Waals surface area contributed by atoms with Crippen LogP contribution in [0, 0.1) is 0 Å². The molecule has 3 nitrogen and oxygen atoms in total. The second-order valence-corrected chi connectivity index (χ2v) is 5.49. The van der Waals surface area contributed by atoms with Crippen molar-refractivity contribution in [1.82, 2.24) is 4.90 Å².